The largest absolute Gasteiger partial charge is 0.468 e. The Labute approximate surface area is 110 Å². The lowest BCUT2D eigenvalue weighted by Gasteiger charge is -2.28. The van der Waals surface area contributed by atoms with E-state index >= 15 is 0 Å². The van der Waals surface area contributed by atoms with Gasteiger partial charge >= 0.3 is 5.97 Å². The summed E-state index contributed by atoms with van der Waals surface area (Å²) in [5.74, 6) is 0.216. The van der Waals surface area contributed by atoms with Crippen LogP contribution in [0.1, 0.15) is 39.5 Å². The minimum atomic E-state index is -0.148. The van der Waals surface area contributed by atoms with Crippen molar-refractivity contribution in [2.24, 2.45) is 5.92 Å². The minimum Gasteiger partial charge on any atom is -0.468 e. The van der Waals surface area contributed by atoms with Gasteiger partial charge in [0.15, 0.2) is 0 Å². The second-order valence-electron chi connectivity index (χ2n) is 5.69. The lowest BCUT2D eigenvalue weighted by atomic mass is 9.96. The highest BCUT2D eigenvalue weighted by atomic mass is 16.5. The molecule has 2 saturated heterocycles. The molecule has 0 radical (unpaired) electrons. The van der Waals surface area contributed by atoms with E-state index in [1.54, 1.807) is 0 Å². The summed E-state index contributed by atoms with van der Waals surface area (Å²) in [6.07, 6.45) is 4.73. The van der Waals surface area contributed by atoms with Crippen LogP contribution >= 0.6 is 0 Å². The minimum absolute atomic E-state index is 0.110. The molecule has 2 rings (SSSR count). The molecular formula is C14H26N2O2. The highest BCUT2D eigenvalue weighted by molar-refractivity contribution is 5.76. The lowest BCUT2D eigenvalue weighted by molar-refractivity contribution is -0.144. The van der Waals surface area contributed by atoms with Crippen molar-refractivity contribution >= 4 is 5.97 Å². The quantitative estimate of drug-likeness (QED) is 0.753. The number of nitrogens with one attached hydrogen (secondary N) is 1. The second-order valence-corrected chi connectivity index (χ2v) is 5.69. The van der Waals surface area contributed by atoms with Gasteiger partial charge in [-0.05, 0) is 31.7 Å². The van der Waals surface area contributed by atoms with Crippen LogP contribution in [0.15, 0.2) is 0 Å². The van der Waals surface area contributed by atoms with Gasteiger partial charge in [-0.2, -0.15) is 0 Å². The molecule has 0 aromatic heterocycles. The van der Waals surface area contributed by atoms with Crippen LogP contribution < -0.4 is 5.32 Å². The number of nitrogens with zero attached hydrogens (tertiary/aromatic N) is 1. The third kappa shape index (κ3) is 2.69. The molecule has 4 atom stereocenters. The summed E-state index contributed by atoms with van der Waals surface area (Å²) in [6.45, 7) is 6.65. The fourth-order valence-electron chi connectivity index (χ4n) is 3.33. The summed E-state index contributed by atoms with van der Waals surface area (Å²) in [5.41, 5.74) is 0. The lowest BCUT2D eigenvalue weighted by Crippen LogP contribution is -2.51. The van der Waals surface area contributed by atoms with Crippen molar-refractivity contribution in [3.63, 3.8) is 0 Å². The average Bonchev–Trinajstić information content (AvgIpc) is 2.98. The monoisotopic (exact) mass is 254 g/mol. The SMILES string of the molecule is CCC(C)C(NC1CCN2CCCC12)C(=O)OC. The fourth-order valence-corrected chi connectivity index (χ4v) is 3.33. The number of carbonyl (C=O) groups excluding carboxylic acids is 1. The molecule has 104 valence electrons. The molecule has 4 nitrogen and oxygen atoms in total. The highest BCUT2D eigenvalue weighted by Crippen LogP contribution is 2.28. The Morgan fingerprint density at radius 2 is 2.22 bits per heavy atom. The third-order valence-corrected chi connectivity index (χ3v) is 4.67. The van der Waals surface area contributed by atoms with Gasteiger partial charge in [-0.1, -0.05) is 20.3 Å². The Morgan fingerprint density at radius 1 is 1.44 bits per heavy atom. The average molecular weight is 254 g/mol. The number of carbonyl (C=O) groups is 1. The predicted octanol–water partition coefficient (Wildman–Crippen LogP) is 1.40. The maximum atomic E-state index is 11.9. The van der Waals surface area contributed by atoms with Gasteiger partial charge in [-0.25, -0.2) is 0 Å². The maximum Gasteiger partial charge on any atom is 0.323 e. The first-order valence-electron chi connectivity index (χ1n) is 7.25. The Hall–Kier alpha value is -0.610. The van der Waals surface area contributed by atoms with E-state index in [2.05, 4.69) is 24.1 Å². The van der Waals surface area contributed by atoms with Crippen molar-refractivity contribution in [1.29, 1.82) is 0 Å². The summed E-state index contributed by atoms with van der Waals surface area (Å²) in [6, 6.07) is 0.956. The van der Waals surface area contributed by atoms with Crippen molar-refractivity contribution in [3.8, 4) is 0 Å². The number of esters is 1. The molecule has 0 aromatic carbocycles. The van der Waals surface area contributed by atoms with Crippen molar-refractivity contribution in [2.45, 2.75) is 57.7 Å². The zero-order valence-corrected chi connectivity index (χ0v) is 11.8. The smallest absolute Gasteiger partial charge is 0.323 e. The van der Waals surface area contributed by atoms with E-state index in [1.165, 1.54) is 33.0 Å². The molecule has 18 heavy (non-hydrogen) atoms. The molecule has 0 saturated carbocycles. The van der Waals surface area contributed by atoms with Crippen LogP contribution in [0.25, 0.3) is 0 Å². The van der Waals surface area contributed by atoms with E-state index < -0.39 is 0 Å². The summed E-state index contributed by atoms with van der Waals surface area (Å²) in [5, 5.41) is 3.57. The van der Waals surface area contributed by atoms with Gasteiger partial charge in [0, 0.05) is 18.6 Å². The van der Waals surface area contributed by atoms with Gasteiger partial charge in [0.25, 0.3) is 0 Å². The normalized spacial score (nSPS) is 31.1. The Morgan fingerprint density at radius 3 is 2.89 bits per heavy atom. The molecule has 0 aliphatic carbocycles. The van der Waals surface area contributed by atoms with Crippen molar-refractivity contribution < 1.29 is 9.53 Å². The molecule has 0 amide bonds. The van der Waals surface area contributed by atoms with Gasteiger partial charge in [0.1, 0.15) is 6.04 Å². The molecule has 0 aromatic rings. The van der Waals surface area contributed by atoms with E-state index in [-0.39, 0.29) is 12.0 Å². The first-order chi connectivity index (χ1) is 8.67. The topological polar surface area (TPSA) is 41.6 Å². The van der Waals surface area contributed by atoms with E-state index in [1.807, 2.05) is 0 Å². The van der Waals surface area contributed by atoms with Crippen LogP contribution in [0, 0.1) is 5.92 Å². The highest BCUT2D eigenvalue weighted by Gasteiger charge is 2.39. The summed E-state index contributed by atoms with van der Waals surface area (Å²) >= 11 is 0. The van der Waals surface area contributed by atoms with E-state index in [0.29, 0.717) is 18.0 Å². The molecular weight excluding hydrogens is 228 g/mol. The van der Waals surface area contributed by atoms with Gasteiger partial charge in [-0.3, -0.25) is 15.0 Å². The second kappa shape index (κ2) is 6.02. The molecule has 1 N–H and O–H groups in total. The van der Waals surface area contributed by atoms with Gasteiger partial charge in [0.05, 0.1) is 7.11 Å². The first kappa shape index (κ1) is 13.8. The van der Waals surface area contributed by atoms with Gasteiger partial charge in [-0.15, -0.1) is 0 Å². The molecule has 2 aliphatic heterocycles. The first-order valence-corrected chi connectivity index (χ1v) is 7.25. The van der Waals surface area contributed by atoms with E-state index in [4.69, 9.17) is 4.74 Å². The third-order valence-electron chi connectivity index (χ3n) is 4.67. The van der Waals surface area contributed by atoms with Crippen molar-refractivity contribution in [1.82, 2.24) is 10.2 Å². The van der Waals surface area contributed by atoms with Crippen LogP contribution in [0.3, 0.4) is 0 Å². The number of ether oxygens (including phenoxy) is 1. The number of rotatable bonds is 5. The van der Waals surface area contributed by atoms with E-state index in [9.17, 15) is 4.79 Å². The number of hydrogen-bond donors (Lipinski definition) is 1. The molecule has 0 spiro atoms. The molecule has 2 aliphatic rings. The summed E-state index contributed by atoms with van der Waals surface area (Å²) in [7, 11) is 1.48. The fraction of sp³-hybridized carbons (Fsp3) is 0.929. The Bertz CT molecular complexity index is 296. The van der Waals surface area contributed by atoms with Gasteiger partial charge in [0.2, 0.25) is 0 Å². The standard InChI is InChI=1S/C14H26N2O2/c1-4-10(2)13(14(17)18-3)15-11-7-9-16-8-5-6-12(11)16/h10-13,15H,4-9H2,1-3H3. The predicted molar refractivity (Wildman–Crippen MR) is 71.4 cm³/mol. The van der Waals surface area contributed by atoms with E-state index in [0.717, 1.165) is 12.8 Å². The molecule has 0 bridgehead atoms. The van der Waals surface area contributed by atoms with Crippen molar-refractivity contribution in [3.05, 3.63) is 0 Å². The molecule has 2 fully saturated rings. The summed E-state index contributed by atoms with van der Waals surface area (Å²) in [4.78, 5) is 14.5. The Kier molecular flexibility index (Phi) is 4.62. The van der Waals surface area contributed by atoms with Crippen molar-refractivity contribution in [2.75, 3.05) is 20.2 Å². The van der Waals surface area contributed by atoms with Crippen LogP contribution in [-0.2, 0) is 9.53 Å². The number of methoxy groups -OCH3 is 1. The van der Waals surface area contributed by atoms with Gasteiger partial charge < -0.3 is 4.74 Å². The number of fused-ring (bicyclic) bond motifs is 1. The summed E-state index contributed by atoms with van der Waals surface area (Å²) < 4.78 is 4.94. The maximum absolute atomic E-state index is 11.9. The molecule has 4 unspecified atom stereocenters. The van der Waals surface area contributed by atoms with Crippen LogP contribution in [0.5, 0.6) is 0 Å². The number of hydrogen-bond acceptors (Lipinski definition) is 4. The van der Waals surface area contributed by atoms with Crippen LogP contribution in [0.2, 0.25) is 0 Å². The Balaban J connectivity index is 1.98. The zero-order chi connectivity index (χ0) is 13.1. The molecule has 4 heteroatoms. The molecule has 2 heterocycles. The zero-order valence-electron chi connectivity index (χ0n) is 11.8. The van der Waals surface area contributed by atoms with Crippen LogP contribution in [-0.4, -0.2) is 49.2 Å². The van der Waals surface area contributed by atoms with Crippen LogP contribution in [0.4, 0.5) is 0 Å².